The van der Waals surface area contributed by atoms with Crippen LogP contribution in [-0.4, -0.2) is 20.7 Å². The SMILES string of the molecule is CCCCC[CH2][Al+][CH2]CCCCC.[OH-]. The van der Waals surface area contributed by atoms with Crippen molar-refractivity contribution in [2.45, 2.75) is 75.8 Å². The normalized spacial score (nSPS) is 9.29. The van der Waals surface area contributed by atoms with Crippen LogP contribution in [0, 0.1) is 0 Å². The van der Waals surface area contributed by atoms with Gasteiger partial charge in [0.2, 0.25) is 0 Å². The van der Waals surface area contributed by atoms with Crippen LogP contribution in [-0.2, 0) is 0 Å². The van der Waals surface area contributed by atoms with Gasteiger partial charge in [-0.25, -0.2) is 0 Å². The van der Waals surface area contributed by atoms with Gasteiger partial charge < -0.3 is 5.48 Å². The van der Waals surface area contributed by atoms with E-state index < -0.39 is 0 Å². The smallest absolute Gasteiger partial charge is 0.870 e. The molecule has 0 spiro atoms. The molecule has 0 aliphatic carbocycles. The molecule has 0 aromatic heterocycles. The molecule has 0 bridgehead atoms. The molecule has 0 atom stereocenters. The minimum absolute atomic E-state index is 0. The fourth-order valence-corrected chi connectivity index (χ4v) is 3.02. The zero-order valence-electron chi connectivity index (χ0n) is 10.1. The van der Waals surface area contributed by atoms with Gasteiger partial charge in [0.05, 0.1) is 0 Å². The molecule has 0 heterocycles. The largest absolute Gasteiger partial charge is 0.870 e. The van der Waals surface area contributed by atoms with Gasteiger partial charge in [-0.3, -0.25) is 0 Å². The van der Waals surface area contributed by atoms with E-state index in [0.29, 0.717) is 0 Å². The van der Waals surface area contributed by atoms with Crippen molar-refractivity contribution in [3.8, 4) is 0 Å². The molecule has 1 nitrogen and oxygen atoms in total. The van der Waals surface area contributed by atoms with Crippen LogP contribution in [0.3, 0.4) is 0 Å². The minimum Gasteiger partial charge on any atom is -0.870 e. The van der Waals surface area contributed by atoms with Crippen molar-refractivity contribution in [2.24, 2.45) is 0 Å². The third kappa shape index (κ3) is 15.0. The summed E-state index contributed by atoms with van der Waals surface area (Å²) in [5, 5.41) is 3.12. The van der Waals surface area contributed by atoms with Crippen LogP contribution in [0.4, 0.5) is 0 Å². The molecule has 0 aliphatic heterocycles. The molecule has 0 aliphatic rings. The van der Waals surface area contributed by atoms with E-state index in [1.807, 2.05) is 0 Å². The summed E-state index contributed by atoms with van der Waals surface area (Å²) in [6.45, 7) is 4.58. The molecule has 0 aromatic carbocycles. The molecule has 0 unspecified atom stereocenters. The van der Waals surface area contributed by atoms with E-state index >= 15 is 0 Å². The molecule has 14 heavy (non-hydrogen) atoms. The second-order valence-electron chi connectivity index (χ2n) is 3.99. The molecule has 0 radical (unpaired) electrons. The molecule has 2 heteroatoms. The number of rotatable bonds is 10. The Morgan fingerprint density at radius 2 is 1.07 bits per heavy atom. The van der Waals surface area contributed by atoms with Crippen molar-refractivity contribution < 1.29 is 5.48 Å². The summed E-state index contributed by atoms with van der Waals surface area (Å²) in [6, 6.07) is 0. The number of hydrogen-bond donors (Lipinski definition) is 0. The van der Waals surface area contributed by atoms with Gasteiger partial charge in [-0.2, -0.15) is 0 Å². The first-order valence-corrected chi connectivity index (χ1v) is 7.86. The first-order chi connectivity index (χ1) is 6.41. The van der Waals surface area contributed by atoms with Crippen LogP contribution in [0.5, 0.6) is 0 Å². The average Bonchev–Trinajstić information content (AvgIpc) is 2.16. The quantitative estimate of drug-likeness (QED) is 0.388. The topological polar surface area (TPSA) is 30.0 Å². The number of unbranched alkanes of at least 4 members (excludes halogenated alkanes) is 6. The molecule has 0 amide bonds. The fourth-order valence-electron chi connectivity index (χ4n) is 1.58. The van der Waals surface area contributed by atoms with Crippen molar-refractivity contribution in [3.05, 3.63) is 0 Å². The molecule has 0 aromatic rings. The molecule has 0 saturated carbocycles. The Bertz CT molecular complexity index is 76.4. The van der Waals surface area contributed by atoms with Gasteiger partial charge in [0.1, 0.15) is 0 Å². The molecule has 0 saturated heterocycles. The van der Waals surface area contributed by atoms with Crippen molar-refractivity contribution in [1.82, 2.24) is 0 Å². The zero-order valence-corrected chi connectivity index (χ0v) is 11.3. The molecular weight excluding hydrogens is 187 g/mol. The van der Waals surface area contributed by atoms with Gasteiger partial charge in [-0.05, 0) is 0 Å². The van der Waals surface area contributed by atoms with Crippen molar-refractivity contribution in [1.29, 1.82) is 0 Å². The maximum Gasteiger partial charge on any atom is -0.870 e. The van der Waals surface area contributed by atoms with E-state index in [-0.39, 0.29) is 5.48 Å². The Morgan fingerprint density at radius 3 is 1.43 bits per heavy atom. The number of hydrogen-bond acceptors (Lipinski definition) is 1. The third-order valence-electron chi connectivity index (χ3n) is 2.52. The fraction of sp³-hybridized carbons (Fsp3) is 1.00. The van der Waals surface area contributed by atoms with E-state index in [2.05, 4.69) is 13.8 Å². The van der Waals surface area contributed by atoms with Gasteiger partial charge in [0, 0.05) is 0 Å². The van der Waals surface area contributed by atoms with Gasteiger partial charge in [0.25, 0.3) is 0 Å². The van der Waals surface area contributed by atoms with Gasteiger partial charge in [0.15, 0.2) is 0 Å². The van der Waals surface area contributed by atoms with Crippen LogP contribution < -0.4 is 0 Å². The Hall–Kier alpha value is 0.492. The monoisotopic (exact) mass is 214 g/mol. The Morgan fingerprint density at radius 1 is 0.643 bits per heavy atom. The van der Waals surface area contributed by atoms with E-state index in [1.54, 1.807) is 10.6 Å². The summed E-state index contributed by atoms with van der Waals surface area (Å²) in [5.74, 6) is 0. The van der Waals surface area contributed by atoms with E-state index in [9.17, 15) is 0 Å². The molecule has 1 N–H and O–H groups in total. The summed E-state index contributed by atoms with van der Waals surface area (Å²) in [5.41, 5.74) is 0. The second-order valence-corrected chi connectivity index (χ2v) is 5.72. The van der Waals surface area contributed by atoms with Crippen LogP contribution in [0.15, 0.2) is 0 Å². The standard InChI is InChI=1S/2C6H13.Al.H2O/c2*1-3-5-6-4-2;;/h2*1,3-6H2,2H3;;1H2/q;;+1;/p-1. The predicted molar refractivity (Wildman–Crippen MR) is 65.6 cm³/mol. The summed E-state index contributed by atoms with van der Waals surface area (Å²) in [4.78, 5) is 0. The zero-order chi connectivity index (χ0) is 9.78. The summed E-state index contributed by atoms with van der Waals surface area (Å²) in [6.07, 6.45) is 11.7. The van der Waals surface area contributed by atoms with Crippen LogP contribution in [0.25, 0.3) is 0 Å². The third-order valence-corrected chi connectivity index (χ3v) is 4.16. The molecular formula is C12H27AlO. The van der Waals surface area contributed by atoms with Crippen LogP contribution in [0.2, 0.25) is 10.6 Å². The Labute approximate surface area is 96.7 Å². The maximum absolute atomic E-state index is 2.29. The summed E-state index contributed by atoms with van der Waals surface area (Å²) < 4.78 is 0. The van der Waals surface area contributed by atoms with E-state index in [4.69, 9.17) is 0 Å². The molecule has 84 valence electrons. The first-order valence-electron chi connectivity index (χ1n) is 6.23. The molecule has 0 fully saturated rings. The van der Waals surface area contributed by atoms with Crippen molar-refractivity contribution in [3.63, 3.8) is 0 Å². The summed E-state index contributed by atoms with van der Waals surface area (Å²) >= 11 is 0.805. The van der Waals surface area contributed by atoms with E-state index in [1.165, 1.54) is 51.4 Å². The van der Waals surface area contributed by atoms with Crippen LogP contribution >= 0.6 is 0 Å². The van der Waals surface area contributed by atoms with Gasteiger partial charge in [-0.15, -0.1) is 0 Å². The second kappa shape index (κ2) is 15.9. The predicted octanol–water partition coefficient (Wildman–Crippen LogP) is 4.51. The van der Waals surface area contributed by atoms with Gasteiger partial charge >= 0.3 is 91.0 Å². The Kier molecular flexibility index (Phi) is 19.3. The Balaban J connectivity index is 0. The summed E-state index contributed by atoms with van der Waals surface area (Å²) in [7, 11) is 0. The maximum atomic E-state index is 2.29. The first kappa shape index (κ1) is 16.9. The average molecular weight is 214 g/mol. The van der Waals surface area contributed by atoms with Crippen molar-refractivity contribution >= 4 is 15.2 Å². The molecule has 0 rings (SSSR count). The van der Waals surface area contributed by atoms with E-state index in [0.717, 1.165) is 15.2 Å². The van der Waals surface area contributed by atoms with Gasteiger partial charge in [-0.1, -0.05) is 0 Å². The van der Waals surface area contributed by atoms with Crippen molar-refractivity contribution in [2.75, 3.05) is 0 Å². The minimum atomic E-state index is 0. The van der Waals surface area contributed by atoms with Crippen LogP contribution in [0.1, 0.15) is 65.2 Å².